The first-order chi connectivity index (χ1) is 8.49. The van der Waals surface area contributed by atoms with Gasteiger partial charge in [-0.3, -0.25) is 4.79 Å². The van der Waals surface area contributed by atoms with Crippen LogP contribution in [0.15, 0.2) is 18.2 Å². The molecule has 1 fully saturated rings. The van der Waals surface area contributed by atoms with Crippen LogP contribution in [0.4, 0.5) is 11.4 Å². The summed E-state index contributed by atoms with van der Waals surface area (Å²) >= 11 is 0. The lowest BCUT2D eigenvalue weighted by Gasteiger charge is -2.36. The van der Waals surface area contributed by atoms with E-state index in [-0.39, 0.29) is 11.9 Å². The molecule has 1 aromatic carbocycles. The highest BCUT2D eigenvalue weighted by molar-refractivity contribution is 6.00. The number of carbonyl (C=O) groups excluding carboxylic acids is 1. The SMILES string of the molecule is CC(=O)c1cc(N2CCC(C)C(O)C2)ccc1N. The topological polar surface area (TPSA) is 66.6 Å². The summed E-state index contributed by atoms with van der Waals surface area (Å²) in [6.45, 7) is 5.09. The minimum Gasteiger partial charge on any atom is -0.398 e. The normalized spacial score (nSPS) is 24.1. The summed E-state index contributed by atoms with van der Waals surface area (Å²) in [7, 11) is 0. The van der Waals surface area contributed by atoms with Gasteiger partial charge in [0.25, 0.3) is 0 Å². The van der Waals surface area contributed by atoms with Crippen molar-refractivity contribution in [3.8, 4) is 0 Å². The lowest BCUT2D eigenvalue weighted by Crippen LogP contribution is -2.42. The molecule has 2 rings (SSSR count). The van der Waals surface area contributed by atoms with Crippen LogP contribution in [0.3, 0.4) is 0 Å². The zero-order chi connectivity index (χ0) is 13.3. The van der Waals surface area contributed by atoms with E-state index in [4.69, 9.17) is 5.73 Å². The minimum absolute atomic E-state index is 0.0275. The number of piperidine rings is 1. The molecule has 1 saturated heterocycles. The fraction of sp³-hybridized carbons (Fsp3) is 0.500. The summed E-state index contributed by atoms with van der Waals surface area (Å²) in [5.74, 6) is 0.308. The third-order valence-corrected chi connectivity index (χ3v) is 3.70. The Morgan fingerprint density at radius 2 is 2.22 bits per heavy atom. The van der Waals surface area contributed by atoms with Gasteiger partial charge >= 0.3 is 0 Å². The third kappa shape index (κ3) is 2.48. The molecule has 0 aliphatic carbocycles. The van der Waals surface area contributed by atoms with E-state index in [1.807, 2.05) is 12.1 Å². The molecule has 1 aromatic rings. The van der Waals surface area contributed by atoms with Crippen molar-refractivity contribution in [3.05, 3.63) is 23.8 Å². The second kappa shape index (κ2) is 4.98. The highest BCUT2D eigenvalue weighted by Gasteiger charge is 2.24. The van der Waals surface area contributed by atoms with Crippen LogP contribution in [0.25, 0.3) is 0 Å². The largest absolute Gasteiger partial charge is 0.398 e. The van der Waals surface area contributed by atoms with Gasteiger partial charge in [0.2, 0.25) is 0 Å². The summed E-state index contributed by atoms with van der Waals surface area (Å²) in [4.78, 5) is 13.6. The number of anilines is 2. The predicted octanol–water partition coefficient (Wildman–Crippen LogP) is 1.68. The first kappa shape index (κ1) is 12.9. The maximum Gasteiger partial charge on any atom is 0.161 e. The van der Waals surface area contributed by atoms with Gasteiger partial charge in [-0.05, 0) is 37.5 Å². The number of nitrogen functional groups attached to an aromatic ring is 1. The number of nitrogens with zero attached hydrogens (tertiary/aromatic N) is 1. The molecule has 98 valence electrons. The van der Waals surface area contributed by atoms with Gasteiger partial charge in [0.1, 0.15) is 0 Å². The molecule has 1 aliphatic rings. The molecule has 18 heavy (non-hydrogen) atoms. The zero-order valence-electron chi connectivity index (χ0n) is 10.9. The summed E-state index contributed by atoms with van der Waals surface area (Å²) in [6.07, 6.45) is 0.651. The van der Waals surface area contributed by atoms with Gasteiger partial charge in [0.15, 0.2) is 5.78 Å². The van der Waals surface area contributed by atoms with Gasteiger partial charge < -0.3 is 15.7 Å². The number of Topliss-reactive ketones (excluding diaryl/α,β-unsaturated/α-hetero) is 1. The molecule has 0 spiro atoms. The van der Waals surface area contributed by atoms with Gasteiger partial charge in [-0.2, -0.15) is 0 Å². The number of hydrogen-bond donors (Lipinski definition) is 2. The van der Waals surface area contributed by atoms with Gasteiger partial charge in [-0.15, -0.1) is 0 Å². The molecule has 3 N–H and O–H groups in total. The maximum atomic E-state index is 11.5. The van der Waals surface area contributed by atoms with Crippen LogP contribution in [-0.4, -0.2) is 30.1 Å². The molecule has 0 saturated carbocycles. The molecule has 0 amide bonds. The van der Waals surface area contributed by atoms with Gasteiger partial charge in [-0.1, -0.05) is 6.92 Å². The number of rotatable bonds is 2. The number of benzene rings is 1. The maximum absolute atomic E-state index is 11.5. The van der Waals surface area contributed by atoms with E-state index in [0.29, 0.717) is 23.7 Å². The standard InChI is InChI=1S/C14H20N2O2/c1-9-5-6-16(8-14(9)18)11-3-4-13(15)12(7-11)10(2)17/h3-4,7,9,14,18H,5-6,8,15H2,1-2H3. The van der Waals surface area contributed by atoms with Crippen molar-refractivity contribution in [2.45, 2.75) is 26.4 Å². The molecule has 0 bridgehead atoms. The summed E-state index contributed by atoms with van der Waals surface area (Å²) in [5, 5.41) is 9.91. The van der Waals surface area contributed by atoms with Crippen molar-refractivity contribution in [1.29, 1.82) is 0 Å². The number of ketones is 1. The Morgan fingerprint density at radius 1 is 1.50 bits per heavy atom. The molecular formula is C14H20N2O2. The van der Waals surface area contributed by atoms with E-state index in [9.17, 15) is 9.90 Å². The molecule has 1 aliphatic heterocycles. The van der Waals surface area contributed by atoms with Gasteiger partial charge in [0.05, 0.1) is 6.10 Å². The molecule has 0 aromatic heterocycles. The van der Waals surface area contributed by atoms with Gasteiger partial charge in [-0.25, -0.2) is 0 Å². The highest BCUT2D eigenvalue weighted by Crippen LogP contribution is 2.26. The molecular weight excluding hydrogens is 228 g/mol. The fourth-order valence-corrected chi connectivity index (χ4v) is 2.33. The first-order valence-electron chi connectivity index (χ1n) is 6.32. The van der Waals surface area contributed by atoms with E-state index < -0.39 is 0 Å². The van der Waals surface area contributed by atoms with Gasteiger partial charge in [0, 0.05) is 30.0 Å². The second-order valence-electron chi connectivity index (χ2n) is 5.11. The third-order valence-electron chi connectivity index (χ3n) is 3.70. The van der Waals surface area contributed by atoms with E-state index in [0.717, 1.165) is 18.7 Å². The average Bonchev–Trinajstić information content (AvgIpc) is 2.33. The first-order valence-corrected chi connectivity index (χ1v) is 6.32. The number of carbonyl (C=O) groups is 1. The number of aliphatic hydroxyl groups excluding tert-OH is 1. The van der Waals surface area contributed by atoms with Crippen molar-refractivity contribution >= 4 is 17.2 Å². The Balaban J connectivity index is 2.24. The molecule has 0 radical (unpaired) electrons. The molecule has 2 atom stereocenters. The Hall–Kier alpha value is -1.55. The highest BCUT2D eigenvalue weighted by atomic mass is 16.3. The molecule has 4 heteroatoms. The lowest BCUT2D eigenvalue weighted by molar-refractivity contribution is 0.101. The Bertz CT molecular complexity index is 459. The number of β-amino-alcohol motifs (C(OH)–C–C–N with tert-alkyl or cyclic N) is 1. The van der Waals surface area contributed by atoms with E-state index in [1.165, 1.54) is 6.92 Å². The average molecular weight is 248 g/mol. The van der Waals surface area contributed by atoms with Crippen LogP contribution in [0.1, 0.15) is 30.6 Å². The van der Waals surface area contributed by atoms with Crippen LogP contribution in [-0.2, 0) is 0 Å². The van der Waals surface area contributed by atoms with Crippen molar-refractivity contribution in [2.75, 3.05) is 23.7 Å². The van der Waals surface area contributed by atoms with Crippen LogP contribution >= 0.6 is 0 Å². The van der Waals surface area contributed by atoms with E-state index in [2.05, 4.69) is 11.8 Å². The number of hydrogen-bond acceptors (Lipinski definition) is 4. The fourth-order valence-electron chi connectivity index (χ4n) is 2.33. The molecule has 1 heterocycles. The number of aliphatic hydroxyl groups is 1. The monoisotopic (exact) mass is 248 g/mol. The lowest BCUT2D eigenvalue weighted by atomic mass is 9.95. The van der Waals surface area contributed by atoms with Crippen LogP contribution in [0.2, 0.25) is 0 Å². The second-order valence-corrected chi connectivity index (χ2v) is 5.11. The zero-order valence-corrected chi connectivity index (χ0v) is 10.9. The van der Waals surface area contributed by atoms with Crippen LogP contribution in [0, 0.1) is 5.92 Å². The molecule has 2 unspecified atom stereocenters. The Morgan fingerprint density at radius 3 is 2.83 bits per heavy atom. The minimum atomic E-state index is -0.308. The van der Waals surface area contributed by atoms with Crippen LogP contribution in [0.5, 0.6) is 0 Å². The summed E-state index contributed by atoms with van der Waals surface area (Å²) in [6, 6.07) is 5.49. The van der Waals surface area contributed by atoms with Crippen LogP contribution < -0.4 is 10.6 Å². The van der Waals surface area contributed by atoms with E-state index in [1.54, 1.807) is 6.07 Å². The predicted molar refractivity (Wildman–Crippen MR) is 72.9 cm³/mol. The quantitative estimate of drug-likeness (QED) is 0.617. The van der Waals surface area contributed by atoms with E-state index >= 15 is 0 Å². The van der Waals surface area contributed by atoms with Crippen molar-refractivity contribution < 1.29 is 9.90 Å². The number of nitrogens with two attached hydrogens (primary N) is 1. The van der Waals surface area contributed by atoms with Crippen molar-refractivity contribution in [3.63, 3.8) is 0 Å². The summed E-state index contributed by atoms with van der Waals surface area (Å²) < 4.78 is 0. The smallest absolute Gasteiger partial charge is 0.161 e. The Labute approximate surface area is 107 Å². The Kier molecular flexibility index (Phi) is 3.57. The molecule has 4 nitrogen and oxygen atoms in total. The summed E-state index contributed by atoms with van der Waals surface area (Å²) in [5.41, 5.74) is 7.81. The van der Waals surface area contributed by atoms with Crippen molar-refractivity contribution in [1.82, 2.24) is 0 Å². The van der Waals surface area contributed by atoms with Crippen molar-refractivity contribution in [2.24, 2.45) is 5.92 Å².